The van der Waals surface area contributed by atoms with Crippen molar-refractivity contribution in [3.63, 3.8) is 0 Å². The Morgan fingerprint density at radius 3 is 2.47 bits per heavy atom. The third-order valence-corrected chi connectivity index (χ3v) is 6.32. The predicted molar refractivity (Wildman–Crippen MR) is 133 cm³/mol. The SMILES string of the molecule is N=C(C(=O)CCCc1ccc(C(F)(F)F)nc1)c1cc(-c2cncc(CN3CCCC3)c2)ccc1N. The van der Waals surface area contributed by atoms with Crippen LogP contribution in [0, 0.1) is 5.41 Å². The Balaban J connectivity index is 1.39. The topological polar surface area (TPSA) is 96.0 Å². The highest BCUT2D eigenvalue weighted by molar-refractivity contribution is 6.46. The van der Waals surface area contributed by atoms with Crippen molar-refractivity contribution in [3.8, 4) is 11.1 Å². The molecule has 3 N–H and O–H groups in total. The van der Waals surface area contributed by atoms with Crippen LogP contribution in [0.25, 0.3) is 11.1 Å². The summed E-state index contributed by atoms with van der Waals surface area (Å²) in [6.07, 6.45) is 3.58. The zero-order valence-corrected chi connectivity index (χ0v) is 19.8. The number of alkyl halides is 3. The molecule has 3 heterocycles. The number of aromatic nitrogens is 2. The molecule has 188 valence electrons. The fourth-order valence-corrected chi connectivity index (χ4v) is 4.35. The number of anilines is 1. The third-order valence-electron chi connectivity index (χ3n) is 6.32. The van der Waals surface area contributed by atoms with Crippen molar-refractivity contribution in [3.05, 3.63) is 77.4 Å². The summed E-state index contributed by atoms with van der Waals surface area (Å²) in [6.45, 7) is 3.02. The van der Waals surface area contributed by atoms with Gasteiger partial charge in [0.1, 0.15) is 11.4 Å². The van der Waals surface area contributed by atoms with Crippen molar-refractivity contribution in [2.24, 2.45) is 0 Å². The molecule has 3 aromatic rings. The summed E-state index contributed by atoms with van der Waals surface area (Å²) in [5, 5.41) is 8.42. The number of hydrogen-bond donors (Lipinski definition) is 2. The molecule has 1 saturated heterocycles. The first-order valence-electron chi connectivity index (χ1n) is 11.9. The van der Waals surface area contributed by atoms with E-state index in [2.05, 4.69) is 20.9 Å². The van der Waals surface area contributed by atoms with Crippen LogP contribution in [0.5, 0.6) is 0 Å². The number of Topliss-reactive ketones (excluding diaryl/α,β-unsaturated/α-hetero) is 1. The van der Waals surface area contributed by atoms with Gasteiger partial charge in [0.15, 0.2) is 5.78 Å². The number of pyridine rings is 2. The molecule has 1 aliphatic heterocycles. The molecule has 0 bridgehead atoms. The number of likely N-dealkylation sites (tertiary alicyclic amines) is 1. The number of aryl methyl sites for hydroxylation is 1. The first kappa shape index (κ1) is 25.5. The van der Waals surface area contributed by atoms with Gasteiger partial charge in [-0.3, -0.25) is 25.1 Å². The van der Waals surface area contributed by atoms with E-state index in [0.29, 0.717) is 29.7 Å². The molecule has 0 saturated carbocycles. The number of carbonyl (C=O) groups excluding carboxylic acids is 1. The minimum absolute atomic E-state index is 0.0798. The summed E-state index contributed by atoms with van der Waals surface area (Å²) in [5.74, 6) is -0.375. The summed E-state index contributed by atoms with van der Waals surface area (Å²) in [7, 11) is 0. The van der Waals surface area contributed by atoms with Gasteiger partial charge >= 0.3 is 6.18 Å². The number of ketones is 1. The van der Waals surface area contributed by atoms with Crippen LogP contribution in [-0.2, 0) is 23.9 Å². The molecule has 2 aromatic heterocycles. The Morgan fingerprint density at radius 2 is 1.78 bits per heavy atom. The molecular weight excluding hydrogens is 467 g/mol. The van der Waals surface area contributed by atoms with Crippen molar-refractivity contribution in [2.45, 2.75) is 44.8 Å². The average molecular weight is 496 g/mol. The van der Waals surface area contributed by atoms with E-state index < -0.39 is 11.9 Å². The molecule has 9 heteroatoms. The van der Waals surface area contributed by atoms with Crippen molar-refractivity contribution < 1.29 is 18.0 Å². The fourth-order valence-electron chi connectivity index (χ4n) is 4.35. The van der Waals surface area contributed by atoms with E-state index >= 15 is 0 Å². The maximum absolute atomic E-state index is 12.7. The highest BCUT2D eigenvalue weighted by atomic mass is 19.4. The Kier molecular flexibility index (Phi) is 7.79. The van der Waals surface area contributed by atoms with Crippen LogP contribution < -0.4 is 5.73 Å². The van der Waals surface area contributed by atoms with Crippen LogP contribution >= 0.6 is 0 Å². The second-order valence-corrected chi connectivity index (χ2v) is 9.07. The Bertz CT molecular complexity index is 1230. The number of nitrogens with one attached hydrogen (secondary N) is 1. The molecule has 0 unspecified atom stereocenters. The molecule has 1 fully saturated rings. The van der Waals surface area contributed by atoms with Crippen LogP contribution in [-0.4, -0.2) is 39.5 Å². The molecule has 36 heavy (non-hydrogen) atoms. The van der Waals surface area contributed by atoms with E-state index in [1.54, 1.807) is 18.3 Å². The molecule has 0 atom stereocenters. The Labute approximate surface area is 207 Å². The van der Waals surface area contributed by atoms with E-state index in [1.165, 1.54) is 25.1 Å². The fraction of sp³-hybridized carbons (Fsp3) is 0.333. The summed E-state index contributed by atoms with van der Waals surface area (Å²) in [5.41, 5.74) is 9.09. The normalized spacial score (nSPS) is 14.2. The number of halogens is 3. The van der Waals surface area contributed by atoms with Gasteiger partial charge in [0.2, 0.25) is 0 Å². The number of nitrogen functional groups attached to an aromatic ring is 1. The van der Waals surface area contributed by atoms with Crippen LogP contribution in [0.2, 0.25) is 0 Å². The minimum Gasteiger partial charge on any atom is -0.398 e. The lowest BCUT2D eigenvalue weighted by Crippen LogP contribution is -2.18. The second-order valence-electron chi connectivity index (χ2n) is 9.07. The Hall–Kier alpha value is -3.59. The summed E-state index contributed by atoms with van der Waals surface area (Å²) in [4.78, 5) is 22.9. The molecule has 0 aliphatic carbocycles. The maximum atomic E-state index is 12.7. The number of nitrogens with two attached hydrogens (primary N) is 1. The van der Waals surface area contributed by atoms with Crippen LogP contribution in [0.3, 0.4) is 0 Å². The van der Waals surface area contributed by atoms with Crippen LogP contribution in [0.1, 0.15) is 48.1 Å². The highest BCUT2D eigenvalue weighted by Gasteiger charge is 2.32. The zero-order valence-electron chi connectivity index (χ0n) is 19.8. The van der Waals surface area contributed by atoms with E-state index in [4.69, 9.17) is 11.1 Å². The lowest BCUT2D eigenvalue weighted by molar-refractivity contribution is -0.141. The van der Waals surface area contributed by atoms with Gasteiger partial charge in [0, 0.05) is 48.4 Å². The highest BCUT2D eigenvalue weighted by Crippen LogP contribution is 2.28. The third kappa shape index (κ3) is 6.34. The van der Waals surface area contributed by atoms with E-state index in [9.17, 15) is 18.0 Å². The summed E-state index contributed by atoms with van der Waals surface area (Å²) >= 11 is 0. The quantitative estimate of drug-likeness (QED) is 0.310. The molecule has 0 radical (unpaired) electrons. The number of benzene rings is 1. The van der Waals surface area contributed by atoms with E-state index in [-0.39, 0.29) is 17.9 Å². The number of carbonyl (C=O) groups is 1. The lowest BCUT2D eigenvalue weighted by atomic mass is 9.96. The zero-order chi connectivity index (χ0) is 25.7. The van der Waals surface area contributed by atoms with E-state index in [0.717, 1.165) is 42.4 Å². The van der Waals surface area contributed by atoms with E-state index in [1.807, 2.05) is 12.3 Å². The van der Waals surface area contributed by atoms with Crippen LogP contribution in [0.15, 0.2) is 55.0 Å². The monoisotopic (exact) mass is 495 g/mol. The standard InChI is InChI=1S/C27H28F3N5O/c28-27(29,30)25-9-6-18(15-34-25)4-3-5-24(36)26(32)22-13-20(7-8-23(22)31)21-12-19(14-33-16-21)17-35-10-1-2-11-35/h6-9,12-16,32H,1-5,10-11,17,31H2. The molecule has 1 aromatic carbocycles. The molecule has 4 rings (SSSR count). The predicted octanol–water partition coefficient (Wildman–Crippen LogP) is 5.30. The second kappa shape index (κ2) is 11.0. The molecule has 1 aliphatic rings. The van der Waals surface area contributed by atoms with Gasteiger partial charge in [-0.1, -0.05) is 12.1 Å². The van der Waals surface area contributed by atoms with Crippen molar-refractivity contribution in [1.82, 2.24) is 14.9 Å². The van der Waals surface area contributed by atoms with Crippen molar-refractivity contribution in [1.29, 1.82) is 5.41 Å². The van der Waals surface area contributed by atoms with Gasteiger partial charge in [0.05, 0.1) is 0 Å². The maximum Gasteiger partial charge on any atom is 0.433 e. The minimum atomic E-state index is -4.48. The number of hydrogen-bond acceptors (Lipinski definition) is 6. The van der Waals surface area contributed by atoms with Gasteiger partial charge in [-0.05, 0) is 79.7 Å². The largest absolute Gasteiger partial charge is 0.433 e. The molecule has 0 amide bonds. The molecular formula is C27H28F3N5O. The molecule has 0 spiro atoms. The Morgan fingerprint density at radius 1 is 1.00 bits per heavy atom. The smallest absolute Gasteiger partial charge is 0.398 e. The molecule has 6 nitrogen and oxygen atoms in total. The number of rotatable bonds is 9. The lowest BCUT2D eigenvalue weighted by Gasteiger charge is -2.15. The average Bonchev–Trinajstić information content (AvgIpc) is 3.37. The summed E-state index contributed by atoms with van der Waals surface area (Å²) in [6, 6.07) is 9.65. The summed E-state index contributed by atoms with van der Waals surface area (Å²) < 4.78 is 38.0. The van der Waals surface area contributed by atoms with Gasteiger partial charge in [-0.2, -0.15) is 13.2 Å². The van der Waals surface area contributed by atoms with Gasteiger partial charge < -0.3 is 5.73 Å². The van der Waals surface area contributed by atoms with Gasteiger partial charge in [-0.25, -0.2) is 0 Å². The van der Waals surface area contributed by atoms with Gasteiger partial charge in [-0.15, -0.1) is 0 Å². The van der Waals surface area contributed by atoms with Crippen molar-refractivity contribution >= 4 is 17.2 Å². The van der Waals surface area contributed by atoms with Crippen molar-refractivity contribution in [2.75, 3.05) is 18.8 Å². The van der Waals surface area contributed by atoms with Gasteiger partial charge in [0.25, 0.3) is 0 Å². The van der Waals surface area contributed by atoms with Crippen LogP contribution in [0.4, 0.5) is 18.9 Å². The number of nitrogens with zero attached hydrogens (tertiary/aromatic N) is 3. The first-order chi connectivity index (χ1) is 17.2. The first-order valence-corrected chi connectivity index (χ1v) is 11.9.